The summed E-state index contributed by atoms with van der Waals surface area (Å²) in [7, 11) is 1.72. The molecule has 2 atom stereocenters. The Labute approximate surface area is 121 Å². The molecule has 20 heavy (non-hydrogen) atoms. The van der Waals surface area contributed by atoms with E-state index in [4.69, 9.17) is 10.5 Å². The van der Waals surface area contributed by atoms with Crippen LogP contribution in [0.2, 0.25) is 0 Å². The molecule has 1 heterocycles. The second-order valence-electron chi connectivity index (χ2n) is 6.46. The Morgan fingerprint density at radius 2 is 2.00 bits per heavy atom. The minimum atomic E-state index is -0.513. The first-order chi connectivity index (χ1) is 9.11. The molecular weight excluding hydrogens is 258 g/mol. The Kier molecular flexibility index (Phi) is 5.39. The highest BCUT2D eigenvalue weighted by Gasteiger charge is 2.31. The Morgan fingerprint density at radius 1 is 1.40 bits per heavy atom. The van der Waals surface area contributed by atoms with Crippen molar-refractivity contribution in [1.29, 1.82) is 0 Å². The van der Waals surface area contributed by atoms with Crippen LogP contribution >= 0.6 is 0 Å². The zero-order chi connectivity index (χ0) is 15.5. The third-order valence-electron chi connectivity index (χ3n) is 3.33. The van der Waals surface area contributed by atoms with Gasteiger partial charge in [0.2, 0.25) is 5.91 Å². The van der Waals surface area contributed by atoms with Crippen LogP contribution in [-0.2, 0) is 9.53 Å². The van der Waals surface area contributed by atoms with Gasteiger partial charge < -0.3 is 20.3 Å². The van der Waals surface area contributed by atoms with Crippen LogP contribution in [0.5, 0.6) is 0 Å². The van der Waals surface area contributed by atoms with E-state index in [-0.39, 0.29) is 18.0 Å². The van der Waals surface area contributed by atoms with Crippen LogP contribution in [0.15, 0.2) is 0 Å². The van der Waals surface area contributed by atoms with Gasteiger partial charge in [0.25, 0.3) is 0 Å². The van der Waals surface area contributed by atoms with Gasteiger partial charge in [-0.25, -0.2) is 4.79 Å². The fourth-order valence-electron chi connectivity index (χ4n) is 2.24. The van der Waals surface area contributed by atoms with Crippen LogP contribution in [0.25, 0.3) is 0 Å². The van der Waals surface area contributed by atoms with E-state index in [1.807, 2.05) is 20.8 Å². The summed E-state index contributed by atoms with van der Waals surface area (Å²) in [6, 6.07) is -0.512. The molecule has 0 bridgehead atoms. The van der Waals surface area contributed by atoms with Crippen molar-refractivity contribution in [3.05, 3.63) is 0 Å². The Hall–Kier alpha value is -1.30. The van der Waals surface area contributed by atoms with E-state index < -0.39 is 11.6 Å². The quantitative estimate of drug-likeness (QED) is 0.827. The monoisotopic (exact) mass is 285 g/mol. The number of likely N-dealkylation sites (N-methyl/N-ethyl adjacent to an activating group) is 1. The number of ether oxygens (including phenoxy) is 1. The van der Waals surface area contributed by atoms with Gasteiger partial charge in [-0.2, -0.15) is 0 Å². The first kappa shape index (κ1) is 16.8. The molecule has 1 aliphatic heterocycles. The van der Waals surface area contributed by atoms with E-state index in [0.29, 0.717) is 13.1 Å². The number of hydrogen-bond acceptors (Lipinski definition) is 4. The standard InChI is InChI=1S/C14H27N3O3/c1-10(15)12(18)17-8-6-7-11(9-17)16(5)13(19)20-14(2,3)4/h10-11H,6-9,15H2,1-5H3/t10-,11-/m0/s1. The van der Waals surface area contributed by atoms with E-state index in [1.165, 1.54) is 0 Å². The predicted octanol–water partition coefficient (Wildman–Crippen LogP) is 1.19. The van der Waals surface area contributed by atoms with Gasteiger partial charge in [0.1, 0.15) is 5.60 Å². The van der Waals surface area contributed by atoms with Crippen molar-refractivity contribution in [2.75, 3.05) is 20.1 Å². The molecule has 6 nitrogen and oxygen atoms in total. The van der Waals surface area contributed by atoms with Crippen molar-refractivity contribution in [2.24, 2.45) is 5.73 Å². The van der Waals surface area contributed by atoms with E-state index in [1.54, 1.807) is 23.8 Å². The Balaban J connectivity index is 2.62. The summed E-state index contributed by atoms with van der Waals surface area (Å²) in [5.41, 5.74) is 5.12. The van der Waals surface area contributed by atoms with Gasteiger partial charge in [0.15, 0.2) is 0 Å². The molecule has 6 heteroatoms. The molecule has 2 N–H and O–H groups in total. The number of amides is 2. The van der Waals surface area contributed by atoms with Crippen molar-refractivity contribution in [3.63, 3.8) is 0 Å². The second-order valence-corrected chi connectivity index (χ2v) is 6.46. The number of carbonyl (C=O) groups excluding carboxylic acids is 2. The second kappa shape index (κ2) is 6.43. The zero-order valence-corrected chi connectivity index (χ0v) is 13.2. The SMILES string of the molecule is C[C@H](N)C(=O)N1CCC[C@H](N(C)C(=O)OC(C)(C)C)C1. The maximum absolute atomic E-state index is 12.0. The maximum atomic E-state index is 12.0. The summed E-state index contributed by atoms with van der Waals surface area (Å²) in [5, 5.41) is 0. The number of nitrogens with two attached hydrogens (primary N) is 1. The molecule has 0 unspecified atom stereocenters. The summed E-state index contributed by atoms with van der Waals surface area (Å²) in [4.78, 5) is 27.3. The molecule has 0 saturated carbocycles. The first-order valence-corrected chi connectivity index (χ1v) is 7.12. The number of piperidine rings is 1. The largest absolute Gasteiger partial charge is 0.444 e. The van der Waals surface area contributed by atoms with Crippen LogP contribution in [0.3, 0.4) is 0 Å². The van der Waals surface area contributed by atoms with E-state index in [0.717, 1.165) is 12.8 Å². The lowest BCUT2D eigenvalue weighted by atomic mass is 10.0. The van der Waals surface area contributed by atoms with Gasteiger partial charge in [0, 0.05) is 20.1 Å². The molecule has 1 aliphatic rings. The molecule has 1 fully saturated rings. The summed E-state index contributed by atoms with van der Waals surface area (Å²) in [6.07, 6.45) is 1.40. The van der Waals surface area contributed by atoms with Crippen molar-refractivity contribution in [3.8, 4) is 0 Å². The van der Waals surface area contributed by atoms with Gasteiger partial charge in [-0.15, -0.1) is 0 Å². The van der Waals surface area contributed by atoms with Gasteiger partial charge in [-0.1, -0.05) is 0 Å². The zero-order valence-electron chi connectivity index (χ0n) is 13.2. The van der Waals surface area contributed by atoms with Crippen LogP contribution in [0.4, 0.5) is 4.79 Å². The summed E-state index contributed by atoms with van der Waals surface area (Å²) in [6.45, 7) is 8.43. The average Bonchev–Trinajstić information content (AvgIpc) is 2.35. The molecule has 116 valence electrons. The predicted molar refractivity (Wildman–Crippen MR) is 77.2 cm³/mol. The van der Waals surface area contributed by atoms with E-state index in [2.05, 4.69) is 0 Å². The molecular formula is C14H27N3O3. The molecule has 0 aromatic heterocycles. The van der Waals surface area contributed by atoms with Crippen molar-refractivity contribution >= 4 is 12.0 Å². The highest BCUT2D eigenvalue weighted by atomic mass is 16.6. The number of nitrogens with zero attached hydrogens (tertiary/aromatic N) is 2. The first-order valence-electron chi connectivity index (χ1n) is 7.12. The molecule has 0 aliphatic carbocycles. The third kappa shape index (κ3) is 4.67. The highest BCUT2D eigenvalue weighted by Crippen LogP contribution is 2.18. The topological polar surface area (TPSA) is 75.9 Å². The summed E-state index contributed by atoms with van der Waals surface area (Å²) in [5.74, 6) is -0.0627. The minimum absolute atomic E-state index is 0.0127. The van der Waals surface area contributed by atoms with Gasteiger partial charge in [0.05, 0.1) is 12.1 Å². The van der Waals surface area contributed by atoms with E-state index >= 15 is 0 Å². The maximum Gasteiger partial charge on any atom is 0.410 e. The summed E-state index contributed by atoms with van der Waals surface area (Å²) >= 11 is 0. The number of rotatable bonds is 2. The normalized spacial score (nSPS) is 21.3. The van der Waals surface area contributed by atoms with E-state index in [9.17, 15) is 9.59 Å². The molecule has 1 saturated heterocycles. The fraction of sp³-hybridized carbons (Fsp3) is 0.857. The van der Waals surface area contributed by atoms with Crippen LogP contribution in [-0.4, -0.2) is 59.6 Å². The fourth-order valence-corrected chi connectivity index (χ4v) is 2.24. The lowest BCUT2D eigenvalue weighted by molar-refractivity contribution is -0.134. The Morgan fingerprint density at radius 3 is 2.50 bits per heavy atom. The smallest absolute Gasteiger partial charge is 0.410 e. The van der Waals surface area contributed by atoms with Crippen molar-refractivity contribution in [2.45, 2.75) is 58.2 Å². The van der Waals surface area contributed by atoms with Crippen LogP contribution in [0, 0.1) is 0 Å². The average molecular weight is 285 g/mol. The Bertz CT molecular complexity index is 363. The van der Waals surface area contributed by atoms with Gasteiger partial charge in [-0.3, -0.25) is 4.79 Å². The lowest BCUT2D eigenvalue weighted by Gasteiger charge is -2.38. The third-order valence-corrected chi connectivity index (χ3v) is 3.33. The van der Waals surface area contributed by atoms with Crippen molar-refractivity contribution in [1.82, 2.24) is 9.80 Å². The number of carbonyl (C=O) groups is 2. The minimum Gasteiger partial charge on any atom is -0.444 e. The number of likely N-dealkylation sites (tertiary alicyclic amines) is 1. The molecule has 0 radical (unpaired) electrons. The van der Waals surface area contributed by atoms with Gasteiger partial charge in [-0.05, 0) is 40.5 Å². The molecule has 2 amide bonds. The highest BCUT2D eigenvalue weighted by molar-refractivity contribution is 5.81. The number of hydrogen-bond donors (Lipinski definition) is 1. The molecule has 0 spiro atoms. The molecule has 1 rings (SSSR count). The molecule has 0 aromatic rings. The van der Waals surface area contributed by atoms with Crippen LogP contribution < -0.4 is 5.73 Å². The lowest BCUT2D eigenvalue weighted by Crippen LogP contribution is -2.53. The van der Waals surface area contributed by atoms with Crippen LogP contribution in [0.1, 0.15) is 40.5 Å². The summed E-state index contributed by atoms with van der Waals surface area (Å²) < 4.78 is 5.35. The molecule has 0 aromatic carbocycles. The van der Waals surface area contributed by atoms with Crippen molar-refractivity contribution < 1.29 is 14.3 Å². The van der Waals surface area contributed by atoms with Gasteiger partial charge >= 0.3 is 6.09 Å².